The Hall–Kier alpha value is -1.24. The molecule has 0 aliphatic rings. The van der Waals surface area contributed by atoms with Gasteiger partial charge in [0.05, 0.1) is 30.1 Å². The van der Waals surface area contributed by atoms with Crippen molar-refractivity contribution in [2.24, 2.45) is 0 Å². The van der Waals surface area contributed by atoms with Crippen molar-refractivity contribution >= 4 is 11.3 Å². The van der Waals surface area contributed by atoms with Crippen LogP contribution in [0, 0.1) is 13.8 Å². The van der Waals surface area contributed by atoms with E-state index in [1.54, 1.807) is 18.4 Å². The van der Waals surface area contributed by atoms with Crippen molar-refractivity contribution in [3.63, 3.8) is 0 Å². The number of ether oxygens (including phenoxy) is 1. The number of aryl methyl sites for hydroxylation is 1. The normalized spacial score (nSPS) is 11.1. The van der Waals surface area contributed by atoms with Gasteiger partial charge in [-0.1, -0.05) is 0 Å². The molecule has 0 aliphatic heterocycles. The Labute approximate surface area is 117 Å². The van der Waals surface area contributed by atoms with Gasteiger partial charge < -0.3 is 10.1 Å². The number of hydrogen-bond acceptors (Lipinski definition) is 5. The first-order valence-electron chi connectivity index (χ1n) is 6.32. The summed E-state index contributed by atoms with van der Waals surface area (Å²) in [6.45, 7) is 7.32. The third-order valence-electron chi connectivity index (χ3n) is 3.11. The second-order valence-corrected chi connectivity index (χ2v) is 5.18. The molecule has 0 atom stereocenters. The van der Waals surface area contributed by atoms with E-state index in [-0.39, 0.29) is 0 Å². The number of nitrogens with zero attached hydrogens (tertiary/aromatic N) is 3. The second kappa shape index (κ2) is 6.79. The van der Waals surface area contributed by atoms with Crippen LogP contribution >= 0.6 is 11.3 Å². The van der Waals surface area contributed by atoms with Crippen LogP contribution in [0.5, 0.6) is 0 Å². The zero-order valence-electron chi connectivity index (χ0n) is 11.6. The van der Waals surface area contributed by atoms with Crippen LogP contribution < -0.4 is 5.32 Å². The molecule has 2 aromatic rings. The Morgan fingerprint density at radius 3 is 2.95 bits per heavy atom. The fourth-order valence-electron chi connectivity index (χ4n) is 2.00. The Kier molecular flexibility index (Phi) is 5.07. The van der Waals surface area contributed by atoms with Gasteiger partial charge in [-0.05, 0) is 13.8 Å². The molecule has 0 spiro atoms. The first-order chi connectivity index (χ1) is 9.22. The summed E-state index contributed by atoms with van der Waals surface area (Å²) >= 11 is 1.62. The molecule has 6 heteroatoms. The lowest BCUT2D eigenvalue weighted by Gasteiger charge is -2.05. The van der Waals surface area contributed by atoms with E-state index in [0.717, 1.165) is 37.6 Å². The third kappa shape index (κ3) is 3.62. The van der Waals surface area contributed by atoms with Crippen molar-refractivity contribution < 1.29 is 4.74 Å². The smallest absolute Gasteiger partial charge is 0.0843 e. The van der Waals surface area contributed by atoms with Gasteiger partial charge in [0.15, 0.2) is 0 Å². The minimum atomic E-state index is 0.727. The molecule has 19 heavy (non-hydrogen) atoms. The molecule has 5 nitrogen and oxygen atoms in total. The van der Waals surface area contributed by atoms with Crippen LogP contribution in [0.15, 0.2) is 10.9 Å². The van der Waals surface area contributed by atoms with Crippen molar-refractivity contribution in [3.05, 3.63) is 33.5 Å². The fourth-order valence-corrected chi connectivity index (χ4v) is 2.55. The van der Waals surface area contributed by atoms with Crippen molar-refractivity contribution in [2.75, 3.05) is 20.3 Å². The zero-order chi connectivity index (χ0) is 13.7. The first kappa shape index (κ1) is 14.2. The molecular weight excluding hydrogens is 260 g/mol. The molecule has 0 fully saturated rings. The monoisotopic (exact) mass is 280 g/mol. The predicted octanol–water partition coefficient (Wildman–Crippen LogP) is 1.74. The van der Waals surface area contributed by atoms with Crippen LogP contribution in [0.25, 0.3) is 0 Å². The fraction of sp³-hybridized carbons (Fsp3) is 0.538. The Morgan fingerprint density at radius 2 is 2.26 bits per heavy atom. The van der Waals surface area contributed by atoms with Crippen molar-refractivity contribution in [2.45, 2.75) is 26.9 Å². The zero-order valence-corrected chi connectivity index (χ0v) is 12.5. The molecule has 0 saturated carbocycles. The van der Waals surface area contributed by atoms with E-state index in [4.69, 9.17) is 4.74 Å². The van der Waals surface area contributed by atoms with E-state index in [0.29, 0.717) is 0 Å². The van der Waals surface area contributed by atoms with Gasteiger partial charge >= 0.3 is 0 Å². The number of thiazole rings is 1. The van der Waals surface area contributed by atoms with Crippen LogP contribution in [-0.4, -0.2) is 35.0 Å². The van der Waals surface area contributed by atoms with Gasteiger partial charge in [-0.15, -0.1) is 11.3 Å². The molecule has 0 aromatic carbocycles. The highest BCUT2D eigenvalue weighted by Crippen LogP contribution is 2.14. The SMILES string of the molecule is COCCNCc1c(C)nn(Cc2cscn2)c1C. The van der Waals surface area contributed by atoms with E-state index in [2.05, 4.69) is 34.6 Å². The summed E-state index contributed by atoms with van der Waals surface area (Å²) in [5, 5.41) is 10.0. The Balaban J connectivity index is 2.02. The molecule has 0 radical (unpaired) electrons. The average molecular weight is 280 g/mol. The lowest BCUT2D eigenvalue weighted by Crippen LogP contribution is -2.19. The Morgan fingerprint density at radius 1 is 1.42 bits per heavy atom. The number of rotatable bonds is 7. The van der Waals surface area contributed by atoms with Gasteiger partial charge in [0.1, 0.15) is 0 Å². The van der Waals surface area contributed by atoms with E-state index in [1.165, 1.54) is 11.3 Å². The molecule has 1 N–H and O–H groups in total. The minimum absolute atomic E-state index is 0.727. The van der Waals surface area contributed by atoms with Gasteiger partial charge in [0.25, 0.3) is 0 Å². The van der Waals surface area contributed by atoms with Crippen LogP contribution in [-0.2, 0) is 17.8 Å². The molecule has 0 amide bonds. The van der Waals surface area contributed by atoms with Gasteiger partial charge in [-0.2, -0.15) is 5.10 Å². The standard InChI is InChI=1S/C13H20N4OS/c1-10-13(6-14-4-5-18-3)11(2)17(16-10)7-12-8-19-9-15-12/h8-9,14H,4-7H2,1-3H3. The summed E-state index contributed by atoms with van der Waals surface area (Å²) in [6.07, 6.45) is 0. The molecular formula is C13H20N4OS. The summed E-state index contributed by atoms with van der Waals surface area (Å²) in [6, 6.07) is 0. The number of hydrogen-bond donors (Lipinski definition) is 1. The number of methoxy groups -OCH3 is 1. The first-order valence-corrected chi connectivity index (χ1v) is 7.26. The van der Waals surface area contributed by atoms with Crippen LogP contribution in [0.4, 0.5) is 0 Å². The quantitative estimate of drug-likeness (QED) is 0.785. The van der Waals surface area contributed by atoms with E-state index in [9.17, 15) is 0 Å². The highest BCUT2D eigenvalue weighted by atomic mass is 32.1. The molecule has 0 unspecified atom stereocenters. The molecule has 0 aliphatic carbocycles. The largest absolute Gasteiger partial charge is 0.383 e. The summed E-state index contributed by atoms with van der Waals surface area (Å²) in [5.41, 5.74) is 6.47. The van der Waals surface area contributed by atoms with Crippen LogP contribution in [0.1, 0.15) is 22.6 Å². The molecule has 2 aromatic heterocycles. The maximum absolute atomic E-state index is 5.03. The summed E-state index contributed by atoms with van der Waals surface area (Å²) in [4.78, 5) is 4.30. The van der Waals surface area contributed by atoms with Crippen molar-refractivity contribution in [1.82, 2.24) is 20.1 Å². The molecule has 0 bridgehead atoms. The summed E-state index contributed by atoms with van der Waals surface area (Å²) < 4.78 is 7.05. The topological polar surface area (TPSA) is 52.0 Å². The molecule has 2 heterocycles. The third-order valence-corrected chi connectivity index (χ3v) is 3.75. The number of nitrogens with one attached hydrogen (secondary N) is 1. The highest BCUT2D eigenvalue weighted by molar-refractivity contribution is 7.07. The van der Waals surface area contributed by atoms with Crippen LogP contribution in [0.2, 0.25) is 0 Å². The lowest BCUT2D eigenvalue weighted by molar-refractivity contribution is 0.199. The maximum atomic E-state index is 5.03. The highest BCUT2D eigenvalue weighted by Gasteiger charge is 2.11. The van der Waals surface area contributed by atoms with E-state index >= 15 is 0 Å². The maximum Gasteiger partial charge on any atom is 0.0843 e. The van der Waals surface area contributed by atoms with Gasteiger partial charge in [-0.25, -0.2) is 4.98 Å². The summed E-state index contributed by atoms with van der Waals surface area (Å²) in [5.74, 6) is 0. The Bertz CT molecular complexity index is 507. The molecule has 104 valence electrons. The average Bonchev–Trinajstić information content (AvgIpc) is 2.98. The van der Waals surface area contributed by atoms with Crippen molar-refractivity contribution in [3.8, 4) is 0 Å². The molecule has 2 rings (SSSR count). The van der Waals surface area contributed by atoms with Gasteiger partial charge in [0, 0.05) is 36.8 Å². The minimum Gasteiger partial charge on any atom is -0.383 e. The second-order valence-electron chi connectivity index (χ2n) is 4.46. The van der Waals surface area contributed by atoms with E-state index < -0.39 is 0 Å². The van der Waals surface area contributed by atoms with Crippen molar-refractivity contribution in [1.29, 1.82) is 0 Å². The van der Waals surface area contributed by atoms with Gasteiger partial charge in [0.2, 0.25) is 0 Å². The van der Waals surface area contributed by atoms with Gasteiger partial charge in [-0.3, -0.25) is 4.68 Å². The summed E-state index contributed by atoms with van der Waals surface area (Å²) in [7, 11) is 1.71. The van der Waals surface area contributed by atoms with Crippen LogP contribution in [0.3, 0.4) is 0 Å². The number of aromatic nitrogens is 3. The lowest BCUT2D eigenvalue weighted by atomic mass is 10.2. The predicted molar refractivity (Wildman–Crippen MR) is 76.5 cm³/mol. The van der Waals surface area contributed by atoms with E-state index in [1.807, 2.05) is 10.2 Å². The molecule has 0 saturated heterocycles.